The van der Waals surface area contributed by atoms with E-state index in [0.717, 1.165) is 26.2 Å². The minimum atomic E-state index is -0.206. The second-order valence-corrected chi connectivity index (χ2v) is 9.42. The van der Waals surface area contributed by atoms with Crippen LogP contribution in [-0.4, -0.2) is 27.8 Å². The first-order valence-electron chi connectivity index (χ1n) is 10.0. The lowest BCUT2D eigenvalue weighted by atomic mass is 10.1. The number of rotatable bonds is 6. The molecule has 2 aromatic heterocycles. The maximum Gasteiger partial charge on any atom is 0.268 e. The number of nitrogens with zero attached hydrogens (tertiary/aromatic N) is 2. The Bertz CT molecular complexity index is 1300. The summed E-state index contributed by atoms with van der Waals surface area (Å²) in [5.74, 6) is -0.409. The van der Waals surface area contributed by atoms with E-state index in [4.69, 9.17) is 0 Å². The van der Waals surface area contributed by atoms with Crippen molar-refractivity contribution in [3.8, 4) is 0 Å². The van der Waals surface area contributed by atoms with E-state index >= 15 is 0 Å². The molecule has 0 spiro atoms. The summed E-state index contributed by atoms with van der Waals surface area (Å²) in [4.78, 5) is 30.4. The minimum absolute atomic E-state index is 0.203. The fourth-order valence-electron chi connectivity index (χ4n) is 3.95. The number of fused-ring (bicyclic) bond motifs is 1. The van der Waals surface area contributed by atoms with Crippen molar-refractivity contribution in [1.29, 1.82) is 0 Å². The van der Waals surface area contributed by atoms with Gasteiger partial charge in [0.15, 0.2) is 0 Å². The number of aryl methyl sites for hydroxylation is 1. The smallest absolute Gasteiger partial charge is 0.268 e. The number of thioether (sulfide) groups is 1. The van der Waals surface area contributed by atoms with Crippen LogP contribution in [0.4, 0.5) is 0 Å². The van der Waals surface area contributed by atoms with Gasteiger partial charge in [-0.1, -0.05) is 54.2 Å². The fourth-order valence-corrected chi connectivity index (χ4v) is 5.81. The number of hydrogen-bond donors (Lipinski definition) is 0. The molecule has 0 N–H and O–H groups in total. The molecule has 3 heterocycles. The molecule has 1 aliphatic rings. The Kier molecular flexibility index (Phi) is 5.26. The zero-order chi connectivity index (χ0) is 21.4. The van der Waals surface area contributed by atoms with E-state index in [0.29, 0.717) is 23.4 Å². The SMILES string of the molecule is Cn1cc(CCN2C(=O)C(Sc3ccccc3)=C(c3cccs3)C2=O)c2ccccc21. The number of aromatic nitrogens is 1. The first kappa shape index (κ1) is 19.8. The fraction of sp³-hybridized carbons (Fsp3) is 0.120. The van der Waals surface area contributed by atoms with Crippen molar-refractivity contribution in [3.05, 3.63) is 93.7 Å². The van der Waals surface area contributed by atoms with Crippen LogP contribution in [0.2, 0.25) is 0 Å². The van der Waals surface area contributed by atoms with Gasteiger partial charge in [-0.3, -0.25) is 14.5 Å². The van der Waals surface area contributed by atoms with Gasteiger partial charge in [0.25, 0.3) is 11.8 Å². The topological polar surface area (TPSA) is 42.3 Å². The molecule has 0 aliphatic carbocycles. The van der Waals surface area contributed by atoms with Gasteiger partial charge < -0.3 is 4.57 Å². The van der Waals surface area contributed by atoms with Crippen LogP contribution < -0.4 is 0 Å². The Morgan fingerprint density at radius 2 is 1.68 bits per heavy atom. The summed E-state index contributed by atoms with van der Waals surface area (Å²) < 4.78 is 2.09. The van der Waals surface area contributed by atoms with Crippen molar-refractivity contribution in [2.45, 2.75) is 11.3 Å². The summed E-state index contributed by atoms with van der Waals surface area (Å²) in [5, 5.41) is 3.10. The second-order valence-electron chi connectivity index (χ2n) is 7.39. The van der Waals surface area contributed by atoms with E-state index in [-0.39, 0.29) is 11.8 Å². The number of amides is 2. The Morgan fingerprint density at radius 1 is 0.903 bits per heavy atom. The first-order valence-corrected chi connectivity index (χ1v) is 11.7. The van der Waals surface area contributed by atoms with E-state index in [1.165, 1.54) is 28.0 Å². The Labute approximate surface area is 188 Å². The number of carbonyl (C=O) groups is 2. The molecule has 0 saturated heterocycles. The molecule has 6 heteroatoms. The highest BCUT2D eigenvalue weighted by Crippen LogP contribution is 2.41. The molecule has 0 radical (unpaired) electrons. The van der Waals surface area contributed by atoms with Crippen LogP contribution in [0, 0.1) is 0 Å². The Balaban J connectivity index is 1.44. The molecule has 4 nitrogen and oxygen atoms in total. The number of benzene rings is 2. The highest BCUT2D eigenvalue weighted by molar-refractivity contribution is 8.04. The standard InChI is InChI=1S/C25H20N2O2S2/c1-26-16-17(19-10-5-6-11-20(19)26)13-14-27-24(28)22(21-12-7-15-30-21)23(25(27)29)31-18-8-3-2-4-9-18/h2-12,15-16H,13-14H2,1H3. The molecule has 5 rings (SSSR count). The van der Waals surface area contributed by atoms with Crippen LogP contribution in [0.15, 0.2) is 88.1 Å². The largest absolute Gasteiger partial charge is 0.350 e. The molecular weight excluding hydrogens is 424 g/mol. The zero-order valence-electron chi connectivity index (χ0n) is 16.9. The van der Waals surface area contributed by atoms with Crippen molar-refractivity contribution in [1.82, 2.24) is 9.47 Å². The van der Waals surface area contributed by atoms with Gasteiger partial charge in [0.05, 0.1) is 10.5 Å². The van der Waals surface area contributed by atoms with Gasteiger partial charge in [-0.2, -0.15) is 0 Å². The predicted octanol–water partition coefficient (Wildman–Crippen LogP) is 5.35. The summed E-state index contributed by atoms with van der Waals surface area (Å²) >= 11 is 2.86. The highest BCUT2D eigenvalue weighted by atomic mass is 32.2. The van der Waals surface area contributed by atoms with E-state index in [2.05, 4.69) is 22.9 Å². The quantitative estimate of drug-likeness (QED) is 0.376. The van der Waals surface area contributed by atoms with Crippen LogP contribution >= 0.6 is 23.1 Å². The molecule has 1 aliphatic heterocycles. The van der Waals surface area contributed by atoms with Crippen LogP contribution in [0.25, 0.3) is 16.5 Å². The lowest BCUT2D eigenvalue weighted by Gasteiger charge is -2.14. The van der Waals surface area contributed by atoms with Crippen molar-refractivity contribution in [2.75, 3.05) is 6.54 Å². The highest BCUT2D eigenvalue weighted by Gasteiger charge is 2.39. The van der Waals surface area contributed by atoms with Gasteiger partial charge in [-0.15, -0.1) is 11.3 Å². The molecule has 0 atom stereocenters. The van der Waals surface area contributed by atoms with Gasteiger partial charge in [-0.25, -0.2) is 0 Å². The average molecular weight is 445 g/mol. The molecular formula is C25H20N2O2S2. The Hall–Kier alpha value is -3.09. The molecule has 31 heavy (non-hydrogen) atoms. The molecule has 4 aromatic rings. The van der Waals surface area contributed by atoms with Crippen molar-refractivity contribution in [2.24, 2.45) is 7.05 Å². The van der Waals surface area contributed by atoms with Gasteiger partial charge in [0.2, 0.25) is 0 Å². The van der Waals surface area contributed by atoms with Gasteiger partial charge >= 0.3 is 0 Å². The maximum atomic E-state index is 13.3. The summed E-state index contributed by atoms with van der Waals surface area (Å²) in [6.07, 6.45) is 2.71. The lowest BCUT2D eigenvalue weighted by Crippen LogP contribution is -2.33. The molecule has 0 fully saturated rings. The summed E-state index contributed by atoms with van der Waals surface area (Å²) in [5.41, 5.74) is 2.81. The Morgan fingerprint density at radius 3 is 2.45 bits per heavy atom. The van der Waals surface area contributed by atoms with Crippen LogP contribution in [0.1, 0.15) is 10.4 Å². The summed E-state index contributed by atoms with van der Waals surface area (Å²) in [6, 6.07) is 21.8. The van der Waals surface area contributed by atoms with Gasteiger partial charge in [-0.05, 0) is 41.6 Å². The first-order chi connectivity index (χ1) is 15.1. The van der Waals surface area contributed by atoms with Crippen LogP contribution in [0.5, 0.6) is 0 Å². The van der Waals surface area contributed by atoms with Crippen molar-refractivity contribution < 1.29 is 9.59 Å². The van der Waals surface area contributed by atoms with E-state index in [9.17, 15) is 9.59 Å². The maximum absolute atomic E-state index is 13.3. The normalized spacial score (nSPS) is 14.3. The van der Waals surface area contributed by atoms with E-state index in [1.54, 1.807) is 0 Å². The average Bonchev–Trinajstić information content (AvgIpc) is 3.47. The second kappa shape index (κ2) is 8.21. The summed E-state index contributed by atoms with van der Waals surface area (Å²) in [7, 11) is 2.02. The van der Waals surface area contributed by atoms with E-state index in [1.807, 2.05) is 67.0 Å². The molecule has 2 aromatic carbocycles. The van der Waals surface area contributed by atoms with Gasteiger partial charge in [0, 0.05) is 40.5 Å². The number of imide groups is 1. The number of thiophene rings is 1. The summed E-state index contributed by atoms with van der Waals surface area (Å²) in [6.45, 7) is 0.361. The number of carbonyl (C=O) groups excluding carboxylic acids is 2. The molecule has 154 valence electrons. The van der Waals surface area contributed by atoms with Crippen LogP contribution in [-0.2, 0) is 23.1 Å². The zero-order valence-corrected chi connectivity index (χ0v) is 18.6. The predicted molar refractivity (Wildman–Crippen MR) is 127 cm³/mol. The van der Waals surface area contributed by atoms with Gasteiger partial charge in [0.1, 0.15) is 0 Å². The minimum Gasteiger partial charge on any atom is -0.350 e. The van der Waals surface area contributed by atoms with E-state index < -0.39 is 0 Å². The van der Waals surface area contributed by atoms with Crippen molar-refractivity contribution >= 4 is 51.4 Å². The molecule has 0 unspecified atom stereocenters. The molecule has 0 saturated carbocycles. The third kappa shape index (κ3) is 3.62. The number of para-hydroxylation sites is 1. The number of hydrogen-bond acceptors (Lipinski definition) is 4. The lowest BCUT2D eigenvalue weighted by molar-refractivity contribution is -0.136. The van der Waals surface area contributed by atoms with Crippen LogP contribution in [0.3, 0.4) is 0 Å². The third-order valence-corrected chi connectivity index (χ3v) is 7.42. The molecule has 2 amide bonds. The third-order valence-electron chi connectivity index (χ3n) is 5.44. The molecule has 0 bridgehead atoms. The van der Waals surface area contributed by atoms with Crippen molar-refractivity contribution in [3.63, 3.8) is 0 Å². The monoisotopic (exact) mass is 444 g/mol.